The van der Waals surface area contributed by atoms with E-state index in [1.165, 1.54) is 11.1 Å². The first-order chi connectivity index (χ1) is 9.33. The Kier molecular flexibility index (Phi) is 3.33. The van der Waals surface area contributed by atoms with E-state index in [1.807, 2.05) is 24.4 Å². The Balaban J connectivity index is 1.65. The van der Waals surface area contributed by atoms with Crippen molar-refractivity contribution in [3.8, 4) is 11.5 Å². The molecule has 1 N–H and O–H groups in total. The highest BCUT2D eigenvalue weighted by molar-refractivity contribution is 5.45. The molecule has 4 nitrogen and oxygen atoms in total. The number of nitrogens with one attached hydrogen (secondary N) is 1. The monoisotopic (exact) mass is 256 g/mol. The quantitative estimate of drug-likeness (QED) is 0.913. The highest BCUT2D eigenvalue weighted by Gasteiger charge is 2.15. The summed E-state index contributed by atoms with van der Waals surface area (Å²) in [6, 6.07) is 10.3. The van der Waals surface area contributed by atoms with Crippen LogP contribution in [0.1, 0.15) is 24.1 Å². The van der Waals surface area contributed by atoms with Gasteiger partial charge in [0.25, 0.3) is 0 Å². The number of benzene rings is 1. The van der Waals surface area contributed by atoms with Crippen molar-refractivity contribution >= 4 is 0 Å². The maximum absolute atomic E-state index is 5.39. The van der Waals surface area contributed by atoms with Gasteiger partial charge in [-0.05, 0) is 36.2 Å². The molecule has 0 fully saturated rings. The minimum Gasteiger partial charge on any atom is -0.454 e. The van der Waals surface area contributed by atoms with E-state index in [2.05, 4.69) is 29.4 Å². The Morgan fingerprint density at radius 1 is 1.26 bits per heavy atom. The van der Waals surface area contributed by atoms with Crippen LogP contribution >= 0.6 is 0 Å². The van der Waals surface area contributed by atoms with Gasteiger partial charge in [0.05, 0.1) is 0 Å². The van der Waals surface area contributed by atoms with E-state index in [0.717, 1.165) is 18.0 Å². The van der Waals surface area contributed by atoms with E-state index in [9.17, 15) is 0 Å². The van der Waals surface area contributed by atoms with Crippen molar-refractivity contribution in [1.29, 1.82) is 0 Å². The molecule has 2 aromatic rings. The zero-order valence-corrected chi connectivity index (χ0v) is 10.8. The van der Waals surface area contributed by atoms with Crippen molar-refractivity contribution in [1.82, 2.24) is 10.3 Å². The maximum Gasteiger partial charge on any atom is 0.231 e. The first-order valence-corrected chi connectivity index (χ1v) is 6.35. The topological polar surface area (TPSA) is 43.4 Å². The van der Waals surface area contributed by atoms with Crippen molar-refractivity contribution < 1.29 is 9.47 Å². The Bertz CT molecular complexity index is 557. The van der Waals surface area contributed by atoms with Crippen molar-refractivity contribution in [2.45, 2.75) is 19.5 Å². The molecule has 0 aliphatic carbocycles. The highest BCUT2D eigenvalue weighted by atomic mass is 16.7. The molecule has 0 bridgehead atoms. The van der Waals surface area contributed by atoms with E-state index in [4.69, 9.17) is 9.47 Å². The summed E-state index contributed by atoms with van der Waals surface area (Å²) in [4.78, 5) is 4.11. The summed E-state index contributed by atoms with van der Waals surface area (Å²) in [6.45, 7) is 3.24. The Morgan fingerprint density at radius 3 is 3.00 bits per heavy atom. The number of pyridine rings is 1. The van der Waals surface area contributed by atoms with Crippen molar-refractivity contribution in [3.63, 3.8) is 0 Å². The van der Waals surface area contributed by atoms with Gasteiger partial charge in [-0.2, -0.15) is 0 Å². The summed E-state index contributed by atoms with van der Waals surface area (Å²) in [7, 11) is 0. The third-order valence-electron chi connectivity index (χ3n) is 3.23. The normalized spacial score (nSPS) is 14.4. The number of aromatic nitrogens is 1. The van der Waals surface area contributed by atoms with Gasteiger partial charge in [-0.3, -0.25) is 4.98 Å². The molecule has 1 atom stereocenters. The minimum absolute atomic E-state index is 0.245. The molecule has 0 amide bonds. The molecule has 1 aliphatic rings. The predicted molar refractivity (Wildman–Crippen MR) is 72.1 cm³/mol. The van der Waals surface area contributed by atoms with Gasteiger partial charge < -0.3 is 14.8 Å². The number of fused-ring (bicyclic) bond motifs is 1. The van der Waals surface area contributed by atoms with Crippen LogP contribution in [-0.4, -0.2) is 11.8 Å². The fourth-order valence-electron chi connectivity index (χ4n) is 2.07. The van der Waals surface area contributed by atoms with E-state index in [1.54, 1.807) is 6.20 Å². The molecule has 3 rings (SSSR count). The summed E-state index contributed by atoms with van der Waals surface area (Å²) in [5.41, 5.74) is 2.36. The molecule has 0 radical (unpaired) electrons. The van der Waals surface area contributed by atoms with Crippen molar-refractivity contribution in [3.05, 3.63) is 53.9 Å². The molecular formula is C15H16N2O2. The molecule has 1 aromatic carbocycles. The first kappa shape index (κ1) is 12.0. The Labute approximate surface area is 112 Å². The van der Waals surface area contributed by atoms with Crippen molar-refractivity contribution in [2.24, 2.45) is 0 Å². The SMILES string of the molecule is CC(NCc1cccnc1)c1ccc2c(c1)OCO2. The minimum atomic E-state index is 0.245. The number of ether oxygens (including phenoxy) is 2. The van der Waals surface area contributed by atoms with Gasteiger partial charge >= 0.3 is 0 Å². The molecule has 0 saturated carbocycles. The second-order valence-corrected chi connectivity index (χ2v) is 4.58. The molecule has 0 spiro atoms. The van der Waals surface area contributed by atoms with Gasteiger partial charge in [0.1, 0.15) is 0 Å². The third kappa shape index (κ3) is 2.69. The summed E-state index contributed by atoms with van der Waals surface area (Å²) >= 11 is 0. The molecule has 19 heavy (non-hydrogen) atoms. The van der Waals surface area contributed by atoms with Gasteiger partial charge in [0, 0.05) is 25.0 Å². The largest absolute Gasteiger partial charge is 0.454 e. The summed E-state index contributed by atoms with van der Waals surface area (Å²) in [5.74, 6) is 1.65. The lowest BCUT2D eigenvalue weighted by molar-refractivity contribution is 0.174. The average Bonchev–Trinajstić information content (AvgIpc) is 2.93. The lowest BCUT2D eigenvalue weighted by Gasteiger charge is -2.14. The van der Waals surface area contributed by atoms with E-state index >= 15 is 0 Å². The lowest BCUT2D eigenvalue weighted by Crippen LogP contribution is -2.18. The van der Waals surface area contributed by atoms with Gasteiger partial charge in [0.2, 0.25) is 6.79 Å². The summed E-state index contributed by atoms with van der Waals surface area (Å²) in [5, 5.41) is 3.47. The molecule has 0 saturated heterocycles. The smallest absolute Gasteiger partial charge is 0.231 e. The first-order valence-electron chi connectivity index (χ1n) is 6.35. The molecule has 1 unspecified atom stereocenters. The molecular weight excluding hydrogens is 240 g/mol. The van der Waals surface area contributed by atoms with Crippen LogP contribution in [0, 0.1) is 0 Å². The van der Waals surface area contributed by atoms with E-state index < -0.39 is 0 Å². The number of nitrogens with zero attached hydrogens (tertiary/aromatic N) is 1. The van der Waals surface area contributed by atoms with Crippen LogP contribution in [-0.2, 0) is 6.54 Å². The van der Waals surface area contributed by atoms with Crippen LogP contribution in [0.25, 0.3) is 0 Å². The second kappa shape index (κ2) is 5.28. The van der Waals surface area contributed by atoms with Gasteiger partial charge in [-0.1, -0.05) is 12.1 Å². The van der Waals surface area contributed by atoms with Crippen LogP contribution in [0.15, 0.2) is 42.7 Å². The van der Waals surface area contributed by atoms with Crippen LogP contribution in [0.4, 0.5) is 0 Å². The zero-order chi connectivity index (χ0) is 13.1. The van der Waals surface area contributed by atoms with Crippen molar-refractivity contribution in [2.75, 3.05) is 6.79 Å². The van der Waals surface area contributed by atoms with Gasteiger partial charge in [-0.25, -0.2) is 0 Å². The number of hydrogen-bond donors (Lipinski definition) is 1. The van der Waals surface area contributed by atoms with Gasteiger partial charge in [-0.15, -0.1) is 0 Å². The lowest BCUT2D eigenvalue weighted by atomic mass is 10.1. The van der Waals surface area contributed by atoms with E-state index in [0.29, 0.717) is 6.79 Å². The van der Waals surface area contributed by atoms with E-state index in [-0.39, 0.29) is 6.04 Å². The Morgan fingerprint density at radius 2 is 2.16 bits per heavy atom. The van der Waals surface area contributed by atoms with Crippen LogP contribution < -0.4 is 14.8 Å². The fraction of sp³-hybridized carbons (Fsp3) is 0.267. The van der Waals surface area contributed by atoms with Crippen LogP contribution in [0.3, 0.4) is 0 Å². The average molecular weight is 256 g/mol. The standard InChI is InChI=1S/C15H16N2O2/c1-11(17-9-12-3-2-6-16-8-12)13-4-5-14-15(7-13)19-10-18-14/h2-8,11,17H,9-10H2,1H3. The van der Waals surface area contributed by atoms with Gasteiger partial charge in [0.15, 0.2) is 11.5 Å². The number of rotatable bonds is 4. The predicted octanol–water partition coefficient (Wildman–Crippen LogP) is 2.66. The summed E-state index contributed by atoms with van der Waals surface area (Å²) in [6.07, 6.45) is 3.66. The van der Waals surface area contributed by atoms with Crippen LogP contribution in [0.5, 0.6) is 11.5 Å². The molecule has 4 heteroatoms. The molecule has 2 heterocycles. The third-order valence-corrected chi connectivity index (χ3v) is 3.23. The second-order valence-electron chi connectivity index (χ2n) is 4.58. The fourth-order valence-corrected chi connectivity index (χ4v) is 2.07. The molecule has 1 aliphatic heterocycles. The number of hydrogen-bond acceptors (Lipinski definition) is 4. The molecule has 98 valence electrons. The Hall–Kier alpha value is -2.07. The zero-order valence-electron chi connectivity index (χ0n) is 10.8. The molecule has 1 aromatic heterocycles. The highest BCUT2D eigenvalue weighted by Crippen LogP contribution is 2.34. The summed E-state index contributed by atoms with van der Waals surface area (Å²) < 4.78 is 10.7. The maximum atomic E-state index is 5.39. The van der Waals surface area contributed by atoms with Crippen LogP contribution in [0.2, 0.25) is 0 Å².